The van der Waals surface area contributed by atoms with E-state index in [1.165, 1.54) is 13.8 Å². The fraction of sp³-hybridized carbons (Fsp3) is 0.385. The topological polar surface area (TPSA) is 34.1 Å². The van der Waals surface area contributed by atoms with Gasteiger partial charge in [0, 0.05) is 16.6 Å². The van der Waals surface area contributed by atoms with Crippen LogP contribution in [0.5, 0.6) is 0 Å². The molecule has 0 fully saturated rings. The van der Waals surface area contributed by atoms with Crippen LogP contribution in [-0.4, -0.2) is 11.6 Å². The summed E-state index contributed by atoms with van der Waals surface area (Å²) >= 11 is 0. The molecule has 1 aliphatic rings. The van der Waals surface area contributed by atoms with Crippen LogP contribution >= 0.6 is 0 Å². The number of Topliss-reactive ketones (excluding diaryl/α,β-unsaturated/α-hetero) is 2. The summed E-state index contributed by atoms with van der Waals surface area (Å²) in [6.07, 6.45) is 7.38. The number of hydrogen-bond donors (Lipinski definition) is 0. The van der Waals surface area contributed by atoms with Crippen molar-refractivity contribution in [1.82, 2.24) is 0 Å². The molecule has 0 unspecified atom stereocenters. The van der Waals surface area contributed by atoms with E-state index in [4.69, 9.17) is 0 Å². The summed E-state index contributed by atoms with van der Waals surface area (Å²) in [4.78, 5) is 22.8. The molecule has 0 radical (unpaired) electrons. The van der Waals surface area contributed by atoms with Crippen LogP contribution in [0.25, 0.3) is 0 Å². The van der Waals surface area contributed by atoms with Crippen molar-refractivity contribution >= 4 is 11.6 Å². The first kappa shape index (κ1) is 11.6. The lowest BCUT2D eigenvalue weighted by atomic mass is 9.88. The van der Waals surface area contributed by atoms with Crippen molar-refractivity contribution in [2.45, 2.75) is 27.7 Å². The number of allylic oxidation sites excluding steroid dienone is 6. The molecule has 2 heteroatoms. The molecule has 2 nitrogen and oxygen atoms in total. The van der Waals surface area contributed by atoms with E-state index in [9.17, 15) is 9.59 Å². The highest BCUT2D eigenvalue weighted by Crippen LogP contribution is 2.27. The van der Waals surface area contributed by atoms with Gasteiger partial charge in [-0.3, -0.25) is 9.59 Å². The molecule has 0 aromatic carbocycles. The van der Waals surface area contributed by atoms with Crippen LogP contribution in [0.15, 0.2) is 35.5 Å². The second-order valence-electron chi connectivity index (χ2n) is 4.43. The molecule has 1 aliphatic carbocycles. The van der Waals surface area contributed by atoms with Gasteiger partial charge in [0.2, 0.25) is 0 Å². The van der Waals surface area contributed by atoms with Crippen LogP contribution in [0.3, 0.4) is 0 Å². The minimum absolute atomic E-state index is 0.0618. The van der Waals surface area contributed by atoms with Gasteiger partial charge in [0.25, 0.3) is 0 Å². The van der Waals surface area contributed by atoms with Gasteiger partial charge in [-0.1, -0.05) is 38.2 Å². The minimum Gasteiger partial charge on any atom is -0.294 e. The van der Waals surface area contributed by atoms with Crippen LogP contribution in [0.1, 0.15) is 27.7 Å². The summed E-state index contributed by atoms with van der Waals surface area (Å²) < 4.78 is 0. The van der Waals surface area contributed by atoms with Crippen molar-refractivity contribution in [2.75, 3.05) is 0 Å². The van der Waals surface area contributed by atoms with Crippen molar-refractivity contribution in [3.63, 3.8) is 0 Å². The highest BCUT2D eigenvalue weighted by atomic mass is 16.1. The molecule has 0 aromatic rings. The van der Waals surface area contributed by atoms with Crippen molar-refractivity contribution in [3.8, 4) is 0 Å². The van der Waals surface area contributed by atoms with Gasteiger partial charge in [-0.05, 0) is 13.8 Å². The lowest BCUT2D eigenvalue weighted by Gasteiger charge is -2.15. The van der Waals surface area contributed by atoms with E-state index in [-0.39, 0.29) is 17.0 Å². The maximum Gasteiger partial charge on any atom is 0.160 e. The fourth-order valence-electron chi connectivity index (χ4n) is 1.58. The Kier molecular flexibility index (Phi) is 3.08. The number of hydrogen-bond acceptors (Lipinski definition) is 2. The van der Waals surface area contributed by atoms with E-state index >= 15 is 0 Å². The lowest BCUT2D eigenvalue weighted by Crippen LogP contribution is -2.11. The zero-order valence-corrected chi connectivity index (χ0v) is 9.63. The Morgan fingerprint density at radius 3 is 2.07 bits per heavy atom. The van der Waals surface area contributed by atoms with E-state index in [2.05, 4.69) is 0 Å². The van der Waals surface area contributed by atoms with Crippen LogP contribution in [0.4, 0.5) is 0 Å². The first-order valence-electron chi connectivity index (χ1n) is 4.98. The monoisotopic (exact) mass is 204 g/mol. The molecule has 0 aliphatic heterocycles. The average Bonchev–Trinajstić information content (AvgIpc) is 2.23. The highest BCUT2D eigenvalue weighted by Gasteiger charge is 2.21. The van der Waals surface area contributed by atoms with E-state index in [0.717, 1.165) is 0 Å². The molecule has 1 rings (SSSR count). The molecule has 0 bridgehead atoms. The highest BCUT2D eigenvalue weighted by molar-refractivity contribution is 6.11. The van der Waals surface area contributed by atoms with Crippen LogP contribution in [0.2, 0.25) is 0 Å². The molecule has 0 N–H and O–H groups in total. The third-order valence-corrected chi connectivity index (χ3v) is 2.35. The summed E-state index contributed by atoms with van der Waals surface area (Å²) in [6, 6.07) is 0. The van der Waals surface area contributed by atoms with Gasteiger partial charge in [0.05, 0.1) is 0 Å². The Bertz CT molecular complexity index is 393. The molecule has 0 aromatic heterocycles. The van der Waals surface area contributed by atoms with E-state index < -0.39 is 0 Å². The fourth-order valence-corrected chi connectivity index (χ4v) is 1.58. The van der Waals surface area contributed by atoms with Crippen LogP contribution in [-0.2, 0) is 9.59 Å². The molecule has 0 amide bonds. The predicted molar refractivity (Wildman–Crippen MR) is 60.4 cm³/mol. The second kappa shape index (κ2) is 3.97. The molecule has 15 heavy (non-hydrogen) atoms. The van der Waals surface area contributed by atoms with E-state index in [1.807, 2.05) is 32.1 Å². The predicted octanol–water partition coefficient (Wildman–Crippen LogP) is 2.61. The number of carbonyl (C=O) groups excluding carboxylic acids is 2. The summed E-state index contributed by atoms with van der Waals surface area (Å²) in [7, 11) is 0. The molecule has 0 heterocycles. The van der Waals surface area contributed by atoms with Crippen molar-refractivity contribution in [2.24, 2.45) is 5.41 Å². The van der Waals surface area contributed by atoms with Gasteiger partial charge in [-0.25, -0.2) is 0 Å². The standard InChI is InChI=1S/C13H16O2/c1-9(14)11-6-5-7-13(3,4)8-12(11)10(2)15/h5-8H,1-4H3. The summed E-state index contributed by atoms with van der Waals surface area (Å²) in [5.41, 5.74) is 0.844. The molecule has 80 valence electrons. The summed E-state index contributed by atoms with van der Waals surface area (Å²) in [5.74, 6) is -0.132. The molecule has 0 spiro atoms. The zero-order chi connectivity index (χ0) is 11.6. The molecule has 0 saturated carbocycles. The quantitative estimate of drug-likeness (QED) is 0.693. The van der Waals surface area contributed by atoms with Gasteiger partial charge in [0.15, 0.2) is 11.6 Å². The lowest BCUT2D eigenvalue weighted by molar-refractivity contribution is -0.116. The van der Waals surface area contributed by atoms with E-state index in [1.54, 1.807) is 6.08 Å². The zero-order valence-electron chi connectivity index (χ0n) is 9.63. The van der Waals surface area contributed by atoms with Gasteiger partial charge in [-0.2, -0.15) is 0 Å². The average molecular weight is 204 g/mol. The second-order valence-corrected chi connectivity index (χ2v) is 4.43. The number of ketones is 2. The Hall–Kier alpha value is -1.44. The maximum atomic E-state index is 11.5. The summed E-state index contributed by atoms with van der Waals surface area (Å²) in [5, 5.41) is 0. The van der Waals surface area contributed by atoms with Gasteiger partial charge in [0.1, 0.15) is 0 Å². The Morgan fingerprint density at radius 1 is 1.07 bits per heavy atom. The van der Waals surface area contributed by atoms with Crippen molar-refractivity contribution in [3.05, 3.63) is 35.5 Å². The third-order valence-electron chi connectivity index (χ3n) is 2.35. The molecule has 0 saturated heterocycles. The molecular weight excluding hydrogens is 188 g/mol. The first-order chi connectivity index (χ1) is 6.83. The molecular formula is C13H16O2. The number of carbonyl (C=O) groups is 2. The van der Waals surface area contributed by atoms with Gasteiger partial charge < -0.3 is 0 Å². The molecule has 0 atom stereocenters. The largest absolute Gasteiger partial charge is 0.294 e. The smallest absolute Gasteiger partial charge is 0.160 e. The van der Waals surface area contributed by atoms with Gasteiger partial charge >= 0.3 is 0 Å². The third kappa shape index (κ3) is 2.75. The van der Waals surface area contributed by atoms with Crippen LogP contribution < -0.4 is 0 Å². The number of rotatable bonds is 2. The summed E-state index contributed by atoms with van der Waals surface area (Å²) in [6.45, 7) is 6.98. The Morgan fingerprint density at radius 2 is 1.60 bits per heavy atom. The van der Waals surface area contributed by atoms with E-state index in [0.29, 0.717) is 11.1 Å². The van der Waals surface area contributed by atoms with Crippen LogP contribution in [0, 0.1) is 5.41 Å². The Balaban J connectivity index is 3.30. The van der Waals surface area contributed by atoms with Crippen molar-refractivity contribution < 1.29 is 9.59 Å². The normalized spacial score (nSPS) is 18.9. The Labute approximate surface area is 90.4 Å². The maximum absolute atomic E-state index is 11.5. The first-order valence-corrected chi connectivity index (χ1v) is 4.98. The minimum atomic E-state index is -0.186. The van der Waals surface area contributed by atoms with Crippen molar-refractivity contribution in [1.29, 1.82) is 0 Å². The van der Waals surface area contributed by atoms with Gasteiger partial charge in [-0.15, -0.1) is 0 Å². The SMILES string of the molecule is CC(=O)C1=CC=CC(C)(C)C=C1C(C)=O.